The molecule has 0 heterocycles. The van der Waals surface area contributed by atoms with E-state index in [2.05, 4.69) is 10.1 Å². The van der Waals surface area contributed by atoms with Crippen molar-refractivity contribution >= 4 is 21.4 Å². The molecule has 0 aliphatic carbocycles. The van der Waals surface area contributed by atoms with Crippen LogP contribution in [0.15, 0.2) is 0 Å². The molecule has 58 valence electrons. The number of carbonyl (C=O) groups excluding carboxylic acids is 1. The van der Waals surface area contributed by atoms with Crippen LogP contribution in [0.4, 0.5) is 4.79 Å². The number of ether oxygens (including phenoxy) is 1. The first kappa shape index (κ1) is 8.96. The van der Waals surface area contributed by atoms with Crippen molar-refractivity contribution in [2.75, 3.05) is 7.05 Å². The largest absolute Gasteiger partial charge is 0.412 e. The molecule has 0 saturated heterocycles. The van der Waals surface area contributed by atoms with Crippen LogP contribution in [0, 0.1) is 0 Å². The van der Waals surface area contributed by atoms with E-state index in [0.29, 0.717) is 0 Å². The number of amides is 1. The Morgan fingerprint density at radius 3 is 2.30 bits per heavy atom. The highest BCUT2D eigenvalue weighted by Gasteiger charge is 2.00. The molecule has 0 atom stereocenters. The molecule has 0 aliphatic heterocycles. The minimum Gasteiger partial charge on any atom is -0.398 e. The molecule has 0 unspecified atom stereocenters. The van der Waals surface area contributed by atoms with Crippen molar-refractivity contribution in [3.8, 4) is 0 Å². The zero-order chi connectivity index (χ0) is 8.15. The number of hydrogen-bond donors (Lipinski definition) is 1. The molecule has 0 spiro atoms. The van der Waals surface area contributed by atoms with Crippen LogP contribution in [-0.4, -0.2) is 26.6 Å². The van der Waals surface area contributed by atoms with E-state index in [1.54, 1.807) is 0 Å². The van der Waals surface area contributed by atoms with Crippen molar-refractivity contribution in [3.05, 3.63) is 0 Å². The molecule has 0 rings (SSSR count). The average Bonchev–Trinajstić information content (AvgIpc) is 1.87. The van der Waals surface area contributed by atoms with Gasteiger partial charge in [-0.2, -0.15) is 8.42 Å². The molecule has 1 amide bonds. The predicted octanol–water partition coefficient (Wildman–Crippen LogP) is -0.629. The van der Waals surface area contributed by atoms with Crippen molar-refractivity contribution in [3.63, 3.8) is 0 Å². The van der Waals surface area contributed by atoms with E-state index >= 15 is 0 Å². The first-order chi connectivity index (χ1) is 4.57. The van der Waals surface area contributed by atoms with Gasteiger partial charge in [-0.3, -0.25) is 0 Å². The summed E-state index contributed by atoms with van der Waals surface area (Å²) in [5.41, 5.74) is 0. The molecule has 0 bridgehead atoms. The van der Waals surface area contributed by atoms with Crippen LogP contribution in [0.2, 0.25) is 0 Å². The predicted molar refractivity (Wildman–Crippen MR) is 35.1 cm³/mol. The SMILES string of the molecule is CNC(=O)OC(C)=S(=O)=O. The quantitative estimate of drug-likeness (QED) is 0.485. The molecule has 6 heteroatoms. The van der Waals surface area contributed by atoms with Crippen molar-refractivity contribution in [2.24, 2.45) is 0 Å². The first-order valence-corrected chi connectivity index (χ1v) is 3.47. The second-order valence-corrected chi connectivity index (χ2v) is 2.41. The summed E-state index contributed by atoms with van der Waals surface area (Å²) in [6.07, 6.45) is -0.790. The highest BCUT2D eigenvalue weighted by molar-refractivity contribution is 7.72. The summed E-state index contributed by atoms with van der Waals surface area (Å²) in [6.45, 7) is 1.18. The summed E-state index contributed by atoms with van der Waals surface area (Å²) >= 11 is 0. The second kappa shape index (κ2) is 3.89. The fraction of sp³-hybridized carbons (Fsp3) is 0.500. The maximum atomic E-state index is 10.3. The Bertz CT molecular complexity index is 244. The van der Waals surface area contributed by atoms with E-state index in [1.807, 2.05) is 0 Å². The number of carbonyl (C=O) groups is 1. The molecular weight excluding hydrogens is 158 g/mol. The van der Waals surface area contributed by atoms with Gasteiger partial charge in [0.2, 0.25) is 5.05 Å². The standard InChI is InChI=1S/C4H7NO4S/c1-3(10(7)8)9-4(6)5-2/h1-2H3,(H,5,6). The van der Waals surface area contributed by atoms with Gasteiger partial charge in [0.1, 0.15) is 0 Å². The zero-order valence-electron chi connectivity index (χ0n) is 5.54. The molecule has 5 nitrogen and oxygen atoms in total. The summed E-state index contributed by atoms with van der Waals surface area (Å²) in [6, 6.07) is 0. The van der Waals surface area contributed by atoms with Gasteiger partial charge in [-0.05, 0) is 0 Å². The Morgan fingerprint density at radius 2 is 2.00 bits per heavy atom. The van der Waals surface area contributed by atoms with Gasteiger partial charge in [-0.15, -0.1) is 0 Å². The lowest BCUT2D eigenvalue weighted by Gasteiger charge is -1.96. The summed E-state index contributed by atoms with van der Waals surface area (Å²) < 4.78 is 24.2. The van der Waals surface area contributed by atoms with Crippen LogP contribution in [0.25, 0.3) is 0 Å². The Labute approximate surface area is 59.5 Å². The highest BCUT2D eigenvalue weighted by Crippen LogP contribution is 1.77. The third kappa shape index (κ3) is 3.08. The molecule has 0 aliphatic rings. The van der Waals surface area contributed by atoms with Gasteiger partial charge in [0.15, 0.2) is 0 Å². The normalized spacial score (nSPS) is 8.20. The maximum absolute atomic E-state index is 10.3. The smallest absolute Gasteiger partial charge is 0.398 e. The van der Waals surface area contributed by atoms with E-state index in [-0.39, 0.29) is 5.05 Å². The topological polar surface area (TPSA) is 72.5 Å². The summed E-state index contributed by atoms with van der Waals surface area (Å²) in [4.78, 5) is 10.3. The van der Waals surface area contributed by atoms with Gasteiger partial charge in [-0.1, -0.05) is 0 Å². The fourth-order valence-electron chi connectivity index (χ4n) is 0.216. The molecule has 0 saturated carbocycles. The molecule has 0 fully saturated rings. The summed E-state index contributed by atoms with van der Waals surface area (Å²) in [5, 5.41) is 1.75. The van der Waals surface area contributed by atoms with E-state index < -0.39 is 16.4 Å². The maximum Gasteiger partial charge on any atom is 0.412 e. The molecule has 1 N–H and O–H groups in total. The molecule has 0 radical (unpaired) electrons. The van der Waals surface area contributed by atoms with Crippen LogP contribution in [-0.2, 0) is 15.0 Å². The van der Waals surface area contributed by atoms with E-state index in [4.69, 9.17) is 0 Å². The van der Waals surface area contributed by atoms with Crippen LogP contribution in [0.3, 0.4) is 0 Å². The summed E-state index contributed by atoms with van der Waals surface area (Å²) in [5.74, 6) is 0. The number of nitrogens with one attached hydrogen (secondary N) is 1. The van der Waals surface area contributed by atoms with Gasteiger partial charge in [0, 0.05) is 14.0 Å². The van der Waals surface area contributed by atoms with Crippen LogP contribution < -0.4 is 5.32 Å². The second-order valence-electron chi connectivity index (χ2n) is 1.37. The lowest BCUT2D eigenvalue weighted by atomic mass is 10.8. The zero-order valence-corrected chi connectivity index (χ0v) is 6.36. The fourth-order valence-corrected chi connectivity index (χ4v) is 0.359. The Balaban J connectivity index is 4.20. The lowest BCUT2D eigenvalue weighted by molar-refractivity contribution is 0.200. The number of alkyl carbamates (subject to hydrolysis) is 1. The van der Waals surface area contributed by atoms with Gasteiger partial charge in [0.25, 0.3) is 10.3 Å². The Morgan fingerprint density at radius 1 is 1.50 bits per heavy atom. The molecule has 10 heavy (non-hydrogen) atoms. The molecule has 0 aromatic heterocycles. The highest BCUT2D eigenvalue weighted by atomic mass is 32.2. The van der Waals surface area contributed by atoms with E-state index in [1.165, 1.54) is 14.0 Å². The lowest BCUT2D eigenvalue weighted by Crippen LogP contribution is -2.21. The number of hydrogen-bond acceptors (Lipinski definition) is 4. The van der Waals surface area contributed by atoms with Crippen molar-refractivity contribution in [1.82, 2.24) is 5.32 Å². The van der Waals surface area contributed by atoms with Crippen molar-refractivity contribution < 1.29 is 17.9 Å². The van der Waals surface area contributed by atoms with Crippen molar-refractivity contribution in [2.45, 2.75) is 6.92 Å². The van der Waals surface area contributed by atoms with Crippen molar-refractivity contribution in [1.29, 1.82) is 0 Å². The third-order valence-electron chi connectivity index (χ3n) is 0.675. The van der Waals surface area contributed by atoms with Gasteiger partial charge >= 0.3 is 6.09 Å². The van der Waals surface area contributed by atoms with Crippen LogP contribution in [0.5, 0.6) is 0 Å². The summed E-state index contributed by atoms with van der Waals surface area (Å²) in [7, 11) is -1.11. The van der Waals surface area contributed by atoms with Gasteiger partial charge in [0.05, 0.1) is 0 Å². The third-order valence-corrected chi connectivity index (χ3v) is 1.23. The van der Waals surface area contributed by atoms with E-state index in [9.17, 15) is 13.2 Å². The molecule has 0 aromatic rings. The minimum atomic E-state index is -2.45. The Hall–Kier alpha value is -1.04. The first-order valence-electron chi connectivity index (χ1n) is 2.40. The molecule has 0 aromatic carbocycles. The van der Waals surface area contributed by atoms with Gasteiger partial charge < -0.3 is 10.1 Å². The van der Waals surface area contributed by atoms with E-state index in [0.717, 1.165) is 0 Å². The number of rotatable bonds is 0. The van der Waals surface area contributed by atoms with Crippen LogP contribution >= 0.6 is 0 Å². The van der Waals surface area contributed by atoms with Gasteiger partial charge in [-0.25, -0.2) is 4.79 Å². The monoisotopic (exact) mass is 165 g/mol. The minimum absolute atomic E-state index is 0.348. The molecular formula is C4H7NO4S. The average molecular weight is 165 g/mol. The van der Waals surface area contributed by atoms with Crippen LogP contribution in [0.1, 0.15) is 6.92 Å². The Kier molecular flexibility index (Phi) is 3.48.